The summed E-state index contributed by atoms with van der Waals surface area (Å²) >= 11 is 0. The van der Waals surface area contributed by atoms with Crippen LogP contribution in [0.5, 0.6) is 0 Å². The number of halogens is 2. The highest BCUT2D eigenvalue weighted by Crippen LogP contribution is 2.29. The number of nitrogens with one attached hydrogen (secondary N) is 2. The second-order valence-electron chi connectivity index (χ2n) is 5.59. The molecule has 0 saturated heterocycles. The van der Waals surface area contributed by atoms with Crippen LogP contribution >= 0.6 is 0 Å². The SMILES string of the molecule is CCC(=O)Nc1ccc(-c2cc(F)c(N)c(F)c2)cc1C(=O)NCC(=O)O. The first-order valence-electron chi connectivity index (χ1n) is 7.91. The molecule has 7 nitrogen and oxygen atoms in total. The van der Waals surface area contributed by atoms with Crippen LogP contribution in [-0.2, 0) is 9.59 Å². The second kappa shape index (κ2) is 8.26. The fourth-order valence-electron chi connectivity index (χ4n) is 2.26. The maximum atomic E-state index is 13.7. The van der Waals surface area contributed by atoms with Crippen molar-refractivity contribution in [3.05, 3.63) is 47.5 Å². The summed E-state index contributed by atoms with van der Waals surface area (Å²) in [4.78, 5) is 34.6. The summed E-state index contributed by atoms with van der Waals surface area (Å²) < 4.78 is 27.4. The quantitative estimate of drug-likeness (QED) is 0.576. The van der Waals surface area contributed by atoms with Gasteiger partial charge in [-0.2, -0.15) is 0 Å². The maximum Gasteiger partial charge on any atom is 0.322 e. The molecule has 0 heterocycles. The Morgan fingerprint density at radius 1 is 1.07 bits per heavy atom. The Morgan fingerprint density at radius 3 is 2.26 bits per heavy atom. The molecule has 0 radical (unpaired) electrons. The molecule has 0 bridgehead atoms. The van der Waals surface area contributed by atoms with Gasteiger partial charge in [-0.05, 0) is 35.4 Å². The molecule has 0 fully saturated rings. The molecule has 0 aromatic heterocycles. The van der Waals surface area contributed by atoms with E-state index in [-0.39, 0.29) is 34.7 Å². The Bertz CT molecular complexity index is 892. The van der Waals surface area contributed by atoms with Gasteiger partial charge in [-0.25, -0.2) is 8.78 Å². The zero-order chi connectivity index (χ0) is 20.1. The van der Waals surface area contributed by atoms with Gasteiger partial charge in [0.1, 0.15) is 23.9 Å². The zero-order valence-corrected chi connectivity index (χ0v) is 14.3. The predicted octanol–water partition coefficient (Wildman–Crippen LogP) is 2.38. The highest BCUT2D eigenvalue weighted by atomic mass is 19.1. The van der Waals surface area contributed by atoms with Crippen molar-refractivity contribution in [1.82, 2.24) is 5.32 Å². The number of nitrogen functional groups attached to an aromatic ring is 1. The Balaban J connectivity index is 2.49. The molecule has 0 unspecified atom stereocenters. The second-order valence-corrected chi connectivity index (χ2v) is 5.59. The Hall–Kier alpha value is -3.49. The van der Waals surface area contributed by atoms with Crippen LogP contribution in [0.1, 0.15) is 23.7 Å². The smallest absolute Gasteiger partial charge is 0.322 e. The van der Waals surface area contributed by atoms with Crippen molar-refractivity contribution in [1.29, 1.82) is 0 Å². The van der Waals surface area contributed by atoms with Crippen LogP contribution in [0.25, 0.3) is 11.1 Å². The van der Waals surface area contributed by atoms with Gasteiger partial charge in [0.15, 0.2) is 0 Å². The maximum absolute atomic E-state index is 13.7. The summed E-state index contributed by atoms with van der Waals surface area (Å²) in [5, 5.41) is 13.4. The van der Waals surface area contributed by atoms with E-state index in [4.69, 9.17) is 10.8 Å². The van der Waals surface area contributed by atoms with Gasteiger partial charge >= 0.3 is 5.97 Å². The molecule has 2 aromatic rings. The van der Waals surface area contributed by atoms with E-state index in [1.807, 2.05) is 0 Å². The van der Waals surface area contributed by atoms with Crippen molar-refractivity contribution in [3.8, 4) is 11.1 Å². The number of hydrogen-bond donors (Lipinski definition) is 4. The molecule has 2 rings (SSSR count). The van der Waals surface area contributed by atoms with E-state index in [1.165, 1.54) is 18.2 Å². The van der Waals surface area contributed by atoms with Gasteiger partial charge in [0, 0.05) is 6.42 Å². The molecule has 0 aliphatic rings. The zero-order valence-electron chi connectivity index (χ0n) is 14.3. The van der Waals surface area contributed by atoms with Crippen molar-refractivity contribution in [2.24, 2.45) is 0 Å². The highest BCUT2D eigenvalue weighted by Gasteiger charge is 2.17. The average Bonchev–Trinajstić information content (AvgIpc) is 2.63. The van der Waals surface area contributed by atoms with Crippen molar-refractivity contribution in [2.45, 2.75) is 13.3 Å². The standard InChI is InChI=1S/C18H17F2N3O4/c1-2-15(24)23-14-4-3-9(5-11(14)18(27)22-8-16(25)26)10-6-12(19)17(21)13(20)7-10/h3-7H,2,8,21H2,1H3,(H,22,27)(H,23,24)(H,25,26). The lowest BCUT2D eigenvalue weighted by Crippen LogP contribution is -2.30. The summed E-state index contributed by atoms with van der Waals surface area (Å²) in [6, 6.07) is 6.18. The third-order valence-electron chi connectivity index (χ3n) is 3.67. The van der Waals surface area contributed by atoms with Gasteiger partial charge in [-0.1, -0.05) is 13.0 Å². The number of hydrogen-bond acceptors (Lipinski definition) is 4. The van der Waals surface area contributed by atoms with E-state index in [1.54, 1.807) is 6.92 Å². The topological polar surface area (TPSA) is 122 Å². The summed E-state index contributed by atoms with van der Waals surface area (Å²) in [5.41, 5.74) is 5.13. The molecule has 0 aliphatic heterocycles. The molecule has 142 valence electrons. The van der Waals surface area contributed by atoms with E-state index in [0.29, 0.717) is 0 Å². The van der Waals surface area contributed by atoms with Crippen molar-refractivity contribution < 1.29 is 28.3 Å². The van der Waals surface area contributed by atoms with Crippen LogP contribution in [0.3, 0.4) is 0 Å². The van der Waals surface area contributed by atoms with E-state index < -0.39 is 35.7 Å². The van der Waals surface area contributed by atoms with Crippen LogP contribution < -0.4 is 16.4 Å². The predicted molar refractivity (Wildman–Crippen MR) is 95.1 cm³/mol. The van der Waals surface area contributed by atoms with Crippen molar-refractivity contribution >= 4 is 29.2 Å². The molecule has 2 amide bonds. The number of carboxylic acid groups (broad SMARTS) is 1. The summed E-state index contributed by atoms with van der Waals surface area (Å²) in [6.07, 6.45) is 0.159. The van der Waals surface area contributed by atoms with E-state index in [0.717, 1.165) is 12.1 Å². The van der Waals surface area contributed by atoms with Gasteiger partial charge < -0.3 is 21.5 Å². The number of carbonyl (C=O) groups is 3. The van der Waals surface area contributed by atoms with E-state index >= 15 is 0 Å². The minimum atomic E-state index is -1.25. The van der Waals surface area contributed by atoms with Crippen molar-refractivity contribution in [3.63, 3.8) is 0 Å². The first-order valence-corrected chi connectivity index (χ1v) is 7.91. The van der Waals surface area contributed by atoms with E-state index in [2.05, 4.69) is 10.6 Å². The van der Waals surface area contributed by atoms with Crippen LogP contribution in [0.4, 0.5) is 20.2 Å². The fraction of sp³-hybridized carbons (Fsp3) is 0.167. The molecule has 5 N–H and O–H groups in total. The largest absolute Gasteiger partial charge is 0.480 e. The Morgan fingerprint density at radius 2 is 1.70 bits per heavy atom. The lowest BCUT2D eigenvalue weighted by molar-refractivity contribution is -0.135. The molecular weight excluding hydrogens is 360 g/mol. The Kier molecular flexibility index (Phi) is 6.07. The minimum absolute atomic E-state index is 0.0480. The normalized spacial score (nSPS) is 10.3. The number of benzene rings is 2. The number of amides is 2. The van der Waals surface area contributed by atoms with Crippen LogP contribution in [0.15, 0.2) is 30.3 Å². The molecule has 0 atom stereocenters. The first-order chi connectivity index (χ1) is 12.7. The molecule has 9 heteroatoms. The molecule has 0 spiro atoms. The number of aliphatic carboxylic acids is 1. The third-order valence-corrected chi connectivity index (χ3v) is 3.67. The first kappa shape index (κ1) is 19.8. The van der Waals surface area contributed by atoms with Crippen LogP contribution in [0, 0.1) is 11.6 Å². The molecule has 27 heavy (non-hydrogen) atoms. The minimum Gasteiger partial charge on any atom is -0.480 e. The number of carbonyl (C=O) groups excluding carboxylic acids is 2. The van der Waals surface area contributed by atoms with Gasteiger partial charge in [-0.3, -0.25) is 14.4 Å². The number of rotatable bonds is 6. The van der Waals surface area contributed by atoms with E-state index in [9.17, 15) is 23.2 Å². The molecular formula is C18H17F2N3O4. The summed E-state index contributed by atoms with van der Waals surface area (Å²) in [7, 11) is 0. The van der Waals surface area contributed by atoms with Gasteiger partial charge in [-0.15, -0.1) is 0 Å². The number of carboxylic acids is 1. The van der Waals surface area contributed by atoms with Crippen LogP contribution in [-0.4, -0.2) is 29.4 Å². The van der Waals surface area contributed by atoms with Gasteiger partial charge in [0.25, 0.3) is 5.91 Å². The fourth-order valence-corrected chi connectivity index (χ4v) is 2.26. The van der Waals surface area contributed by atoms with Crippen LogP contribution in [0.2, 0.25) is 0 Å². The number of nitrogens with two attached hydrogens (primary N) is 1. The van der Waals surface area contributed by atoms with Gasteiger partial charge in [0.2, 0.25) is 5.91 Å². The van der Waals surface area contributed by atoms with Crippen molar-refractivity contribution in [2.75, 3.05) is 17.6 Å². The molecule has 0 aliphatic carbocycles. The Labute approximate surface area is 153 Å². The lowest BCUT2D eigenvalue weighted by atomic mass is 10.0. The summed E-state index contributed by atoms with van der Waals surface area (Å²) in [5.74, 6) is -4.28. The highest BCUT2D eigenvalue weighted by molar-refractivity contribution is 6.05. The molecule has 0 saturated carbocycles. The van der Waals surface area contributed by atoms with Gasteiger partial charge in [0.05, 0.1) is 11.3 Å². The number of anilines is 2. The molecule has 2 aromatic carbocycles. The monoisotopic (exact) mass is 377 g/mol. The summed E-state index contributed by atoms with van der Waals surface area (Å²) in [6.45, 7) is 0.989. The average molecular weight is 377 g/mol. The lowest BCUT2D eigenvalue weighted by Gasteiger charge is -2.13. The third kappa shape index (κ3) is 4.78.